The number of likely N-dealkylation sites (tertiary alicyclic amines) is 1. The summed E-state index contributed by atoms with van der Waals surface area (Å²) in [7, 11) is 1.63. The van der Waals surface area contributed by atoms with Gasteiger partial charge in [0, 0.05) is 63.0 Å². The van der Waals surface area contributed by atoms with E-state index in [9.17, 15) is 22.8 Å². The molecular formula is C21H19F3N6O4S. The average molecular weight is 508 g/mol. The Morgan fingerprint density at radius 2 is 1.94 bits per heavy atom. The highest BCUT2D eigenvalue weighted by molar-refractivity contribution is 7.97. The van der Waals surface area contributed by atoms with E-state index in [1.165, 1.54) is 16.5 Å². The highest BCUT2D eigenvalue weighted by Crippen LogP contribution is 2.37. The van der Waals surface area contributed by atoms with Crippen molar-refractivity contribution in [3.63, 3.8) is 0 Å². The molecule has 4 heterocycles. The smallest absolute Gasteiger partial charge is 0.311 e. The first-order valence-corrected chi connectivity index (χ1v) is 11.3. The Kier molecular flexibility index (Phi) is 5.92. The summed E-state index contributed by atoms with van der Waals surface area (Å²) in [5, 5.41) is 9.85. The van der Waals surface area contributed by atoms with Crippen molar-refractivity contribution in [3.05, 3.63) is 53.3 Å². The predicted molar refractivity (Wildman–Crippen MR) is 116 cm³/mol. The SMILES string of the molecule is Cc1nnc(C(=O)N2C[C@@H]3COc4c(cn(C)c4C(=O)Nc4cc(F)c(F)c(F)c4)SN[C@@H]3C2)o1. The normalized spacial score (nSPS) is 19.4. The number of nitrogens with one attached hydrogen (secondary N) is 2. The fraction of sp³-hybridized carbons (Fsp3) is 0.333. The van der Waals surface area contributed by atoms with E-state index in [2.05, 4.69) is 20.2 Å². The number of carbonyl (C=O) groups excluding carboxylic acids is 2. The van der Waals surface area contributed by atoms with Crippen LogP contribution >= 0.6 is 11.9 Å². The lowest BCUT2D eigenvalue weighted by molar-refractivity contribution is 0.0741. The molecule has 0 unspecified atom stereocenters. The van der Waals surface area contributed by atoms with Crippen molar-refractivity contribution < 1.29 is 31.9 Å². The molecular weight excluding hydrogens is 489 g/mol. The van der Waals surface area contributed by atoms with Crippen LogP contribution in [0.2, 0.25) is 0 Å². The molecule has 2 aliphatic heterocycles. The fourth-order valence-corrected chi connectivity index (χ4v) is 5.06. The van der Waals surface area contributed by atoms with Gasteiger partial charge >= 0.3 is 11.8 Å². The lowest BCUT2D eigenvalue weighted by Gasteiger charge is -2.23. The highest BCUT2D eigenvalue weighted by atomic mass is 32.2. The van der Waals surface area contributed by atoms with Gasteiger partial charge in [0.2, 0.25) is 5.89 Å². The van der Waals surface area contributed by atoms with E-state index in [0.717, 1.165) is 0 Å². The zero-order valence-electron chi connectivity index (χ0n) is 18.5. The van der Waals surface area contributed by atoms with Crippen LogP contribution in [0.4, 0.5) is 18.9 Å². The number of amides is 2. The van der Waals surface area contributed by atoms with Gasteiger partial charge in [0.25, 0.3) is 5.91 Å². The van der Waals surface area contributed by atoms with E-state index in [0.29, 0.717) is 36.0 Å². The Morgan fingerprint density at radius 1 is 1.20 bits per heavy atom. The molecule has 0 saturated carbocycles. The minimum atomic E-state index is -1.62. The summed E-state index contributed by atoms with van der Waals surface area (Å²) < 4.78 is 56.5. The van der Waals surface area contributed by atoms with Crippen LogP contribution in [0, 0.1) is 30.3 Å². The molecule has 2 atom stereocenters. The van der Waals surface area contributed by atoms with Gasteiger partial charge in [-0.05, 0) is 11.9 Å². The number of hydrogen-bond acceptors (Lipinski definition) is 8. The third-order valence-corrected chi connectivity index (χ3v) is 6.69. The maximum Gasteiger partial charge on any atom is 0.311 e. The quantitative estimate of drug-likeness (QED) is 0.410. The number of anilines is 1. The Labute approximate surface area is 200 Å². The van der Waals surface area contributed by atoms with Crippen LogP contribution in [0.25, 0.3) is 0 Å². The van der Waals surface area contributed by atoms with Gasteiger partial charge in [0.15, 0.2) is 28.9 Å². The highest BCUT2D eigenvalue weighted by Gasteiger charge is 2.39. The van der Waals surface area contributed by atoms with Crippen LogP contribution in [0.3, 0.4) is 0 Å². The largest absolute Gasteiger partial charge is 0.489 e. The zero-order chi connectivity index (χ0) is 24.9. The van der Waals surface area contributed by atoms with Crippen LogP contribution in [-0.2, 0) is 7.05 Å². The summed E-state index contributed by atoms with van der Waals surface area (Å²) in [5.74, 6) is -5.12. The molecule has 1 fully saturated rings. The summed E-state index contributed by atoms with van der Waals surface area (Å²) in [6.45, 7) is 2.57. The van der Waals surface area contributed by atoms with Crippen molar-refractivity contribution in [2.75, 3.05) is 25.0 Å². The van der Waals surface area contributed by atoms with E-state index < -0.39 is 23.4 Å². The molecule has 14 heteroatoms. The van der Waals surface area contributed by atoms with Crippen molar-refractivity contribution >= 4 is 29.4 Å². The Hall–Kier alpha value is -3.52. The molecule has 0 radical (unpaired) electrons. The number of rotatable bonds is 3. The van der Waals surface area contributed by atoms with E-state index in [1.54, 1.807) is 25.1 Å². The van der Waals surface area contributed by atoms with Gasteiger partial charge in [-0.15, -0.1) is 10.2 Å². The maximum absolute atomic E-state index is 13.6. The second kappa shape index (κ2) is 8.92. The number of aryl methyl sites for hydroxylation is 2. The van der Waals surface area contributed by atoms with Gasteiger partial charge in [-0.2, -0.15) is 0 Å². The molecule has 10 nitrogen and oxygen atoms in total. The van der Waals surface area contributed by atoms with Gasteiger partial charge in [0.1, 0.15) is 0 Å². The number of benzene rings is 1. The van der Waals surface area contributed by atoms with Gasteiger partial charge in [-0.25, -0.2) is 13.2 Å². The molecule has 1 aromatic carbocycles. The number of nitrogens with zero attached hydrogens (tertiary/aromatic N) is 4. The number of halogens is 3. The van der Waals surface area contributed by atoms with E-state index in [4.69, 9.17) is 9.15 Å². The first kappa shape index (κ1) is 23.2. The summed E-state index contributed by atoms with van der Waals surface area (Å²) in [5.41, 5.74) is -0.121. The van der Waals surface area contributed by atoms with E-state index >= 15 is 0 Å². The molecule has 1 saturated heterocycles. The average Bonchev–Trinajstić information content (AvgIpc) is 3.49. The second-order valence-corrected chi connectivity index (χ2v) is 9.10. The minimum absolute atomic E-state index is 0.0816. The Morgan fingerprint density at radius 3 is 2.63 bits per heavy atom. The Bertz CT molecular complexity index is 1310. The fourth-order valence-electron chi connectivity index (χ4n) is 4.06. The van der Waals surface area contributed by atoms with Crippen molar-refractivity contribution in [2.24, 2.45) is 13.0 Å². The van der Waals surface area contributed by atoms with Crippen LogP contribution in [0.15, 0.2) is 27.6 Å². The summed E-state index contributed by atoms with van der Waals surface area (Å²) in [6.07, 6.45) is 1.67. The van der Waals surface area contributed by atoms with Gasteiger partial charge in [-0.1, -0.05) is 0 Å². The van der Waals surface area contributed by atoms with Crippen LogP contribution in [0.1, 0.15) is 27.1 Å². The molecule has 2 aromatic heterocycles. The standard InChI is InChI=1S/C21H19F3N6O4S/c1-9-26-27-20(34-9)21(32)30-5-10-8-33-18-15(35-28-14(10)6-30)7-29(2)17(18)19(31)25-11-3-12(22)16(24)13(23)4-11/h3-4,7,10,14,28H,5-6,8H2,1-2H3,(H,25,31)/t10-,14-/m1/s1. The van der Waals surface area contributed by atoms with Crippen molar-refractivity contribution in [3.8, 4) is 5.75 Å². The van der Waals surface area contributed by atoms with Crippen LogP contribution < -0.4 is 14.8 Å². The van der Waals surface area contributed by atoms with E-state index in [-0.39, 0.29) is 47.5 Å². The molecule has 2 N–H and O–H groups in total. The molecule has 35 heavy (non-hydrogen) atoms. The molecule has 0 bridgehead atoms. The van der Waals surface area contributed by atoms with Crippen molar-refractivity contribution in [1.29, 1.82) is 0 Å². The van der Waals surface area contributed by atoms with Crippen LogP contribution in [-0.4, -0.2) is 57.2 Å². The van der Waals surface area contributed by atoms with Gasteiger partial charge in [-0.3, -0.25) is 14.3 Å². The minimum Gasteiger partial charge on any atom is -0.489 e. The Balaban J connectivity index is 1.32. The molecule has 184 valence electrons. The summed E-state index contributed by atoms with van der Waals surface area (Å²) in [4.78, 5) is 27.9. The molecule has 3 aromatic rings. The summed E-state index contributed by atoms with van der Waals surface area (Å²) >= 11 is 1.24. The van der Waals surface area contributed by atoms with E-state index in [1.807, 2.05) is 0 Å². The molecule has 0 spiro atoms. The molecule has 2 amide bonds. The first-order valence-electron chi connectivity index (χ1n) is 10.5. The van der Waals surface area contributed by atoms with Crippen molar-refractivity contribution in [2.45, 2.75) is 17.9 Å². The number of hydrogen-bond donors (Lipinski definition) is 2. The maximum atomic E-state index is 13.6. The monoisotopic (exact) mass is 508 g/mol. The number of aromatic nitrogens is 3. The first-order chi connectivity index (χ1) is 16.7. The second-order valence-electron chi connectivity index (χ2n) is 8.22. The predicted octanol–water partition coefficient (Wildman–Crippen LogP) is 2.52. The summed E-state index contributed by atoms with van der Waals surface area (Å²) in [6, 6.07) is 1.29. The lowest BCUT2D eigenvalue weighted by atomic mass is 10.1. The molecule has 5 rings (SSSR count). The number of fused-ring (bicyclic) bond motifs is 2. The third kappa shape index (κ3) is 4.34. The number of carbonyl (C=O) groups is 2. The van der Waals surface area contributed by atoms with Crippen molar-refractivity contribution in [1.82, 2.24) is 24.4 Å². The van der Waals surface area contributed by atoms with Gasteiger partial charge < -0.3 is 23.9 Å². The van der Waals surface area contributed by atoms with Gasteiger partial charge in [0.05, 0.1) is 11.5 Å². The number of ether oxygens (including phenoxy) is 1. The third-order valence-electron chi connectivity index (χ3n) is 5.76. The van der Waals surface area contributed by atoms with Crippen LogP contribution in [0.5, 0.6) is 5.75 Å². The zero-order valence-corrected chi connectivity index (χ0v) is 19.3. The topological polar surface area (TPSA) is 115 Å². The molecule has 0 aliphatic carbocycles. The molecule has 2 aliphatic rings. The lowest BCUT2D eigenvalue weighted by Crippen LogP contribution is -2.36.